The first-order valence-corrected chi connectivity index (χ1v) is 8.43. The Hall–Kier alpha value is -1.20. The quantitative estimate of drug-likeness (QED) is 0.821. The number of amides is 2. The van der Waals surface area contributed by atoms with E-state index in [9.17, 15) is 9.59 Å². The highest BCUT2D eigenvalue weighted by atomic mass is 79.9. The second-order valence-corrected chi connectivity index (χ2v) is 6.79. The fourth-order valence-corrected chi connectivity index (χ4v) is 3.61. The Labute approximate surface area is 133 Å². The predicted molar refractivity (Wildman–Crippen MR) is 84.2 cm³/mol. The Morgan fingerprint density at radius 1 is 1.00 bits per heavy atom. The fourth-order valence-electron chi connectivity index (χ4n) is 3.34. The molecule has 0 bridgehead atoms. The Morgan fingerprint density at radius 2 is 1.62 bits per heavy atom. The molecule has 1 aromatic rings. The standard InChI is InChI=1S/C16H19BrN2O2/c17-12-5-7-13(8-6-12)19-15(20)11-14(16(19)21)18-9-3-1-2-4-10-18/h5-8,14H,1-4,9-11H2/p+1/t14-/m1/s1. The number of imide groups is 1. The van der Waals surface area contributed by atoms with E-state index in [4.69, 9.17) is 0 Å². The van der Waals surface area contributed by atoms with E-state index in [0.29, 0.717) is 12.1 Å². The number of carbonyl (C=O) groups is 2. The van der Waals surface area contributed by atoms with Crippen molar-refractivity contribution >= 4 is 33.4 Å². The fraction of sp³-hybridized carbons (Fsp3) is 0.500. The minimum Gasteiger partial charge on any atom is -0.324 e. The number of rotatable bonds is 2. The largest absolute Gasteiger partial charge is 0.324 e. The van der Waals surface area contributed by atoms with Crippen LogP contribution in [0.5, 0.6) is 0 Å². The smallest absolute Gasteiger partial charge is 0.292 e. The van der Waals surface area contributed by atoms with Gasteiger partial charge in [0.2, 0.25) is 5.91 Å². The van der Waals surface area contributed by atoms with E-state index in [1.165, 1.54) is 22.6 Å². The first-order valence-electron chi connectivity index (χ1n) is 7.64. The highest BCUT2D eigenvalue weighted by molar-refractivity contribution is 9.10. The van der Waals surface area contributed by atoms with E-state index in [1.54, 1.807) is 0 Å². The number of likely N-dealkylation sites (tertiary alicyclic amines) is 1. The van der Waals surface area contributed by atoms with Gasteiger partial charge in [-0.1, -0.05) is 15.9 Å². The van der Waals surface area contributed by atoms with Crippen molar-refractivity contribution in [1.82, 2.24) is 0 Å². The van der Waals surface area contributed by atoms with Crippen LogP contribution in [0.1, 0.15) is 32.1 Å². The third-order valence-electron chi connectivity index (χ3n) is 4.47. The summed E-state index contributed by atoms with van der Waals surface area (Å²) in [6.45, 7) is 2.02. The van der Waals surface area contributed by atoms with E-state index in [0.717, 1.165) is 30.4 Å². The molecule has 3 rings (SSSR count). The molecule has 5 heteroatoms. The molecule has 21 heavy (non-hydrogen) atoms. The number of quaternary nitrogens is 1. The molecule has 0 aliphatic carbocycles. The molecule has 2 aliphatic rings. The number of nitrogens with zero attached hydrogens (tertiary/aromatic N) is 1. The number of nitrogens with one attached hydrogen (secondary N) is 1. The average molecular weight is 352 g/mol. The molecule has 0 aromatic heterocycles. The Balaban J connectivity index is 1.79. The van der Waals surface area contributed by atoms with Gasteiger partial charge < -0.3 is 4.90 Å². The van der Waals surface area contributed by atoms with Crippen molar-refractivity contribution in [2.24, 2.45) is 0 Å². The summed E-state index contributed by atoms with van der Waals surface area (Å²) in [5, 5.41) is 0. The van der Waals surface area contributed by atoms with Crippen molar-refractivity contribution in [2.75, 3.05) is 18.0 Å². The lowest BCUT2D eigenvalue weighted by Crippen LogP contribution is -3.16. The van der Waals surface area contributed by atoms with E-state index < -0.39 is 0 Å². The number of carbonyl (C=O) groups excluding carboxylic acids is 2. The number of halogens is 1. The molecule has 2 saturated heterocycles. The van der Waals surface area contributed by atoms with Gasteiger partial charge >= 0.3 is 0 Å². The molecule has 1 aromatic carbocycles. The molecule has 0 radical (unpaired) electrons. The van der Waals surface area contributed by atoms with Crippen molar-refractivity contribution in [1.29, 1.82) is 0 Å². The SMILES string of the molecule is O=C1C[C@@H]([NH+]2CCCCCC2)C(=O)N1c1ccc(Br)cc1. The second kappa shape index (κ2) is 6.28. The predicted octanol–water partition coefficient (Wildman–Crippen LogP) is 1.54. The summed E-state index contributed by atoms with van der Waals surface area (Å²) in [5.41, 5.74) is 0.685. The van der Waals surface area contributed by atoms with Crippen LogP contribution in [0.25, 0.3) is 0 Å². The van der Waals surface area contributed by atoms with E-state index >= 15 is 0 Å². The van der Waals surface area contributed by atoms with Crippen LogP contribution in [0, 0.1) is 0 Å². The molecule has 2 heterocycles. The van der Waals surface area contributed by atoms with Crippen molar-refractivity contribution < 1.29 is 14.5 Å². The van der Waals surface area contributed by atoms with Crippen molar-refractivity contribution in [3.05, 3.63) is 28.7 Å². The molecule has 2 aliphatic heterocycles. The zero-order chi connectivity index (χ0) is 14.8. The number of hydrogen-bond donors (Lipinski definition) is 1. The maximum absolute atomic E-state index is 12.7. The molecule has 2 fully saturated rings. The first-order chi connectivity index (χ1) is 10.2. The van der Waals surface area contributed by atoms with E-state index in [2.05, 4.69) is 15.9 Å². The molecule has 2 amide bonds. The van der Waals surface area contributed by atoms with Crippen molar-refractivity contribution in [2.45, 2.75) is 38.1 Å². The van der Waals surface area contributed by atoms with Gasteiger partial charge in [-0.25, -0.2) is 4.90 Å². The number of benzene rings is 1. The van der Waals surface area contributed by atoms with Crippen LogP contribution in [0.4, 0.5) is 5.69 Å². The van der Waals surface area contributed by atoms with Crippen LogP contribution >= 0.6 is 15.9 Å². The van der Waals surface area contributed by atoms with E-state index in [1.807, 2.05) is 24.3 Å². The second-order valence-electron chi connectivity index (χ2n) is 5.87. The van der Waals surface area contributed by atoms with Crippen LogP contribution in [-0.2, 0) is 9.59 Å². The third-order valence-corrected chi connectivity index (χ3v) is 5.00. The lowest BCUT2D eigenvalue weighted by molar-refractivity contribution is -0.914. The third kappa shape index (κ3) is 3.04. The van der Waals surface area contributed by atoms with Crippen LogP contribution in [0.2, 0.25) is 0 Å². The lowest BCUT2D eigenvalue weighted by atomic mass is 10.2. The normalized spacial score (nSPS) is 24.4. The summed E-state index contributed by atoms with van der Waals surface area (Å²) in [5.74, 6) is -0.0942. The Kier molecular flexibility index (Phi) is 4.40. The van der Waals surface area contributed by atoms with Gasteiger partial charge in [0.1, 0.15) is 0 Å². The first kappa shape index (κ1) is 14.7. The number of hydrogen-bond acceptors (Lipinski definition) is 2. The minimum atomic E-state index is -0.181. The summed E-state index contributed by atoms with van der Waals surface area (Å²) < 4.78 is 0.944. The van der Waals surface area contributed by atoms with Gasteiger partial charge in [-0.15, -0.1) is 0 Å². The average Bonchev–Trinajstić information content (AvgIpc) is 2.69. The van der Waals surface area contributed by atoms with Gasteiger partial charge in [0.25, 0.3) is 5.91 Å². The van der Waals surface area contributed by atoms with E-state index in [-0.39, 0.29) is 17.9 Å². The Morgan fingerprint density at radius 3 is 2.24 bits per heavy atom. The molecule has 4 nitrogen and oxygen atoms in total. The highest BCUT2D eigenvalue weighted by Gasteiger charge is 2.45. The van der Waals surface area contributed by atoms with Crippen LogP contribution in [-0.4, -0.2) is 30.9 Å². The summed E-state index contributed by atoms with van der Waals surface area (Å²) in [7, 11) is 0. The molecule has 1 atom stereocenters. The van der Waals surface area contributed by atoms with Crippen LogP contribution in [0.15, 0.2) is 28.7 Å². The molecule has 0 spiro atoms. The zero-order valence-electron chi connectivity index (χ0n) is 12.0. The summed E-state index contributed by atoms with van der Waals surface area (Å²) in [6, 6.07) is 7.18. The van der Waals surface area contributed by atoms with Gasteiger partial charge in [0.05, 0.1) is 25.2 Å². The van der Waals surface area contributed by atoms with Gasteiger partial charge in [0, 0.05) is 4.47 Å². The van der Waals surface area contributed by atoms with Crippen molar-refractivity contribution in [3.8, 4) is 0 Å². The van der Waals surface area contributed by atoms with Gasteiger partial charge in [-0.05, 0) is 49.9 Å². The van der Waals surface area contributed by atoms with Crippen LogP contribution in [0.3, 0.4) is 0 Å². The van der Waals surface area contributed by atoms with Crippen molar-refractivity contribution in [3.63, 3.8) is 0 Å². The lowest BCUT2D eigenvalue weighted by Gasteiger charge is -2.22. The maximum atomic E-state index is 12.7. The monoisotopic (exact) mass is 351 g/mol. The summed E-state index contributed by atoms with van der Waals surface area (Å²) >= 11 is 3.37. The van der Waals surface area contributed by atoms with Gasteiger partial charge in [0.15, 0.2) is 6.04 Å². The summed E-state index contributed by atoms with van der Waals surface area (Å²) in [6.07, 6.45) is 5.16. The molecule has 0 unspecified atom stereocenters. The molecule has 112 valence electrons. The molecular weight excluding hydrogens is 332 g/mol. The van der Waals surface area contributed by atoms with Gasteiger partial charge in [-0.2, -0.15) is 0 Å². The highest BCUT2D eigenvalue weighted by Crippen LogP contribution is 2.24. The molecule has 1 N–H and O–H groups in total. The molecular formula is C16H20BrN2O2+. The summed E-state index contributed by atoms with van der Waals surface area (Å²) in [4.78, 5) is 27.6. The topological polar surface area (TPSA) is 41.8 Å². The Bertz CT molecular complexity index is 536. The zero-order valence-corrected chi connectivity index (χ0v) is 13.6. The molecule has 0 saturated carbocycles. The maximum Gasteiger partial charge on any atom is 0.292 e. The minimum absolute atomic E-state index is 0.0285. The number of anilines is 1. The van der Waals surface area contributed by atoms with Crippen LogP contribution < -0.4 is 9.80 Å². The van der Waals surface area contributed by atoms with Gasteiger partial charge in [-0.3, -0.25) is 9.59 Å².